The summed E-state index contributed by atoms with van der Waals surface area (Å²) >= 11 is 0. The standard InChI is InChI=1S/C11H18O6/c1-4-5-15-11-9(14)8(13)10(6(2)16-11)17-7(3)12/h4,6,8-11,13-14H,1,5H2,2-3H3/t6-,8-,9+,10-,11+/m0/s1. The first-order valence-corrected chi connectivity index (χ1v) is 5.38. The Hall–Kier alpha value is -0.950. The molecule has 1 rings (SSSR count). The van der Waals surface area contributed by atoms with Gasteiger partial charge >= 0.3 is 5.97 Å². The molecule has 0 aromatic rings. The minimum Gasteiger partial charge on any atom is -0.457 e. The molecule has 98 valence electrons. The average Bonchev–Trinajstić information content (AvgIpc) is 2.27. The summed E-state index contributed by atoms with van der Waals surface area (Å²) in [6.07, 6.45) is -3.42. The van der Waals surface area contributed by atoms with Crippen LogP contribution in [0.25, 0.3) is 0 Å². The molecule has 0 aromatic carbocycles. The smallest absolute Gasteiger partial charge is 0.303 e. The molecule has 0 spiro atoms. The van der Waals surface area contributed by atoms with Gasteiger partial charge in [0.1, 0.15) is 12.2 Å². The number of rotatable bonds is 4. The molecular formula is C11H18O6. The van der Waals surface area contributed by atoms with E-state index in [2.05, 4.69) is 6.58 Å². The van der Waals surface area contributed by atoms with Gasteiger partial charge in [-0.3, -0.25) is 4.79 Å². The van der Waals surface area contributed by atoms with Crippen molar-refractivity contribution in [1.29, 1.82) is 0 Å². The Bertz CT molecular complexity index is 279. The van der Waals surface area contributed by atoms with Crippen molar-refractivity contribution in [2.75, 3.05) is 6.61 Å². The predicted molar refractivity (Wildman–Crippen MR) is 58.1 cm³/mol. The van der Waals surface area contributed by atoms with Crippen molar-refractivity contribution in [3.8, 4) is 0 Å². The molecule has 1 aliphatic rings. The zero-order valence-electron chi connectivity index (χ0n) is 9.91. The van der Waals surface area contributed by atoms with E-state index in [1.54, 1.807) is 6.92 Å². The van der Waals surface area contributed by atoms with E-state index in [1.807, 2.05) is 0 Å². The van der Waals surface area contributed by atoms with Gasteiger partial charge in [0.15, 0.2) is 12.4 Å². The summed E-state index contributed by atoms with van der Waals surface area (Å²) in [6, 6.07) is 0. The summed E-state index contributed by atoms with van der Waals surface area (Å²) in [5, 5.41) is 19.6. The third-order valence-electron chi connectivity index (χ3n) is 2.46. The van der Waals surface area contributed by atoms with Gasteiger partial charge in [-0.1, -0.05) is 6.08 Å². The lowest BCUT2D eigenvalue weighted by Gasteiger charge is -2.40. The lowest BCUT2D eigenvalue weighted by Crippen LogP contribution is -2.58. The summed E-state index contributed by atoms with van der Waals surface area (Å²) in [5.41, 5.74) is 0. The Morgan fingerprint density at radius 3 is 2.65 bits per heavy atom. The van der Waals surface area contributed by atoms with Crippen LogP contribution in [0, 0.1) is 0 Å². The Balaban J connectivity index is 2.65. The highest BCUT2D eigenvalue weighted by Crippen LogP contribution is 2.24. The van der Waals surface area contributed by atoms with Gasteiger partial charge < -0.3 is 24.4 Å². The van der Waals surface area contributed by atoms with Crippen LogP contribution in [0.1, 0.15) is 13.8 Å². The van der Waals surface area contributed by atoms with E-state index in [0.29, 0.717) is 0 Å². The van der Waals surface area contributed by atoms with Crippen molar-refractivity contribution in [1.82, 2.24) is 0 Å². The third-order valence-corrected chi connectivity index (χ3v) is 2.46. The fourth-order valence-electron chi connectivity index (χ4n) is 1.66. The van der Waals surface area contributed by atoms with Crippen molar-refractivity contribution >= 4 is 5.97 Å². The van der Waals surface area contributed by atoms with Crippen LogP contribution in [0.3, 0.4) is 0 Å². The van der Waals surface area contributed by atoms with Gasteiger partial charge in [0.25, 0.3) is 0 Å². The molecule has 0 amide bonds. The molecular weight excluding hydrogens is 228 g/mol. The Morgan fingerprint density at radius 1 is 1.47 bits per heavy atom. The molecule has 5 atom stereocenters. The molecule has 1 fully saturated rings. The van der Waals surface area contributed by atoms with Crippen LogP contribution in [0.5, 0.6) is 0 Å². The molecule has 0 radical (unpaired) electrons. The van der Waals surface area contributed by atoms with E-state index in [9.17, 15) is 15.0 Å². The van der Waals surface area contributed by atoms with Crippen molar-refractivity contribution in [2.24, 2.45) is 0 Å². The van der Waals surface area contributed by atoms with Gasteiger partial charge in [-0.05, 0) is 6.92 Å². The van der Waals surface area contributed by atoms with E-state index in [0.717, 1.165) is 0 Å². The van der Waals surface area contributed by atoms with Gasteiger partial charge in [0.2, 0.25) is 0 Å². The molecule has 0 bridgehead atoms. The molecule has 17 heavy (non-hydrogen) atoms. The van der Waals surface area contributed by atoms with Crippen LogP contribution in [-0.4, -0.2) is 53.5 Å². The van der Waals surface area contributed by atoms with Crippen molar-refractivity contribution in [3.63, 3.8) is 0 Å². The Morgan fingerprint density at radius 2 is 2.12 bits per heavy atom. The normalized spacial score (nSPS) is 37.5. The second-order valence-corrected chi connectivity index (χ2v) is 3.89. The van der Waals surface area contributed by atoms with Crippen LogP contribution in [0.4, 0.5) is 0 Å². The number of hydrogen-bond donors (Lipinski definition) is 2. The van der Waals surface area contributed by atoms with Crippen molar-refractivity contribution in [3.05, 3.63) is 12.7 Å². The van der Waals surface area contributed by atoms with E-state index in [-0.39, 0.29) is 6.61 Å². The molecule has 1 aliphatic heterocycles. The van der Waals surface area contributed by atoms with Gasteiger partial charge in [-0.25, -0.2) is 0 Å². The van der Waals surface area contributed by atoms with E-state index >= 15 is 0 Å². The number of aliphatic hydroxyl groups is 2. The fraction of sp³-hybridized carbons (Fsp3) is 0.727. The highest BCUT2D eigenvalue weighted by Gasteiger charge is 2.44. The molecule has 1 saturated heterocycles. The second kappa shape index (κ2) is 6.11. The highest BCUT2D eigenvalue weighted by atomic mass is 16.7. The second-order valence-electron chi connectivity index (χ2n) is 3.89. The van der Waals surface area contributed by atoms with Crippen LogP contribution in [0.15, 0.2) is 12.7 Å². The van der Waals surface area contributed by atoms with Crippen LogP contribution in [0.2, 0.25) is 0 Å². The number of ether oxygens (including phenoxy) is 3. The molecule has 0 unspecified atom stereocenters. The highest BCUT2D eigenvalue weighted by molar-refractivity contribution is 5.66. The molecule has 0 saturated carbocycles. The van der Waals surface area contributed by atoms with Gasteiger partial charge in [0, 0.05) is 6.92 Å². The molecule has 2 N–H and O–H groups in total. The summed E-state index contributed by atoms with van der Waals surface area (Å²) in [5.74, 6) is -0.540. The lowest BCUT2D eigenvalue weighted by atomic mass is 10.00. The Kier molecular flexibility index (Phi) is 5.07. The van der Waals surface area contributed by atoms with Crippen molar-refractivity contribution < 1.29 is 29.2 Å². The Labute approximate surface area is 99.8 Å². The number of aliphatic hydroxyl groups excluding tert-OH is 2. The summed E-state index contributed by atoms with van der Waals surface area (Å²) in [6.45, 7) is 6.52. The topological polar surface area (TPSA) is 85.2 Å². The number of carbonyl (C=O) groups excluding carboxylic acids is 1. The largest absolute Gasteiger partial charge is 0.457 e. The number of esters is 1. The monoisotopic (exact) mass is 246 g/mol. The van der Waals surface area contributed by atoms with Crippen molar-refractivity contribution in [2.45, 2.75) is 44.6 Å². The fourth-order valence-corrected chi connectivity index (χ4v) is 1.66. The molecule has 1 heterocycles. The van der Waals surface area contributed by atoms with Gasteiger partial charge in [0.05, 0.1) is 12.7 Å². The first-order valence-electron chi connectivity index (χ1n) is 5.38. The summed E-state index contributed by atoms with van der Waals surface area (Å²) in [4.78, 5) is 10.8. The predicted octanol–water partition coefficient (Wildman–Crippen LogP) is -0.413. The number of hydrogen-bond acceptors (Lipinski definition) is 6. The first-order chi connectivity index (χ1) is 7.97. The molecule has 0 aromatic heterocycles. The average molecular weight is 246 g/mol. The summed E-state index contributed by atoms with van der Waals surface area (Å²) in [7, 11) is 0. The first kappa shape index (κ1) is 14.1. The van der Waals surface area contributed by atoms with Gasteiger partial charge in [-0.15, -0.1) is 6.58 Å². The van der Waals surface area contributed by atoms with E-state index in [1.165, 1.54) is 13.0 Å². The van der Waals surface area contributed by atoms with Crippen LogP contribution in [-0.2, 0) is 19.0 Å². The zero-order valence-corrected chi connectivity index (χ0v) is 9.91. The third kappa shape index (κ3) is 3.50. The van der Waals surface area contributed by atoms with Gasteiger partial charge in [-0.2, -0.15) is 0 Å². The maximum Gasteiger partial charge on any atom is 0.303 e. The maximum absolute atomic E-state index is 10.8. The molecule has 0 aliphatic carbocycles. The number of carbonyl (C=O) groups is 1. The zero-order chi connectivity index (χ0) is 13.0. The SMILES string of the molecule is C=CCO[C@@H]1O[C@@H](C)[C@H](OC(C)=O)[C@@H](O)[C@H]1O. The van der Waals surface area contributed by atoms with E-state index in [4.69, 9.17) is 14.2 Å². The summed E-state index contributed by atoms with van der Waals surface area (Å²) < 4.78 is 15.4. The quantitative estimate of drug-likeness (QED) is 0.518. The van der Waals surface area contributed by atoms with Crippen LogP contribution >= 0.6 is 0 Å². The van der Waals surface area contributed by atoms with E-state index < -0.39 is 36.7 Å². The minimum atomic E-state index is -1.27. The lowest BCUT2D eigenvalue weighted by molar-refractivity contribution is -0.292. The van der Waals surface area contributed by atoms with Crippen LogP contribution < -0.4 is 0 Å². The minimum absolute atomic E-state index is 0.194. The maximum atomic E-state index is 10.8. The molecule has 6 heteroatoms. The molecule has 6 nitrogen and oxygen atoms in total.